The lowest BCUT2D eigenvalue weighted by atomic mass is 9.88. The highest BCUT2D eigenvalue weighted by atomic mass is 19.1. The Morgan fingerprint density at radius 1 is 1.21 bits per heavy atom. The van der Waals surface area contributed by atoms with E-state index in [1.54, 1.807) is 41.2 Å². The van der Waals surface area contributed by atoms with E-state index in [0.29, 0.717) is 39.9 Å². The Labute approximate surface area is 196 Å². The molecule has 1 fully saturated rings. The number of rotatable bonds is 6. The Morgan fingerprint density at radius 3 is 2.71 bits per heavy atom. The number of aryl methyl sites for hydroxylation is 1. The molecule has 0 atom stereocenters. The van der Waals surface area contributed by atoms with E-state index in [2.05, 4.69) is 25.5 Å². The Bertz CT molecular complexity index is 1330. The molecule has 0 aliphatic heterocycles. The molecule has 1 aliphatic carbocycles. The SMILES string of the molecule is Cc1nc(-c2cc(-c3ccon3)n(Cc3ccccc3F)n2)ncc1NC(=O)C1(C)CCCC1. The topological polar surface area (TPSA) is 98.7 Å². The molecule has 4 aromatic rings. The van der Waals surface area contributed by atoms with Gasteiger partial charge in [-0.25, -0.2) is 14.4 Å². The minimum Gasteiger partial charge on any atom is -0.364 e. The lowest BCUT2D eigenvalue weighted by molar-refractivity contribution is -0.124. The van der Waals surface area contributed by atoms with E-state index >= 15 is 0 Å². The maximum absolute atomic E-state index is 14.3. The van der Waals surface area contributed by atoms with Crippen molar-refractivity contribution >= 4 is 11.6 Å². The van der Waals surface area contributed by atoms with E-state index in [9.17, 15) is 9.18 Å². The van der Waals surface area contributed by atoms with Crippen LogP contribution in [0.1, 0.15) is 43.9 Å². The number of hydrogen-bond acceptors (Lipinski definition) is 6. The van der Waals surface area contributed by atoms with Gasteiger partial charge in [-0.3, -0.25) is 9.48 Å². The summed E-state index contributed by atoms with van der Waals surface area (Å²) >= 11 is 0. The van der Waals surface area contributed by atoms with Crippen molar-refractivity contribution in [3.63, 3.8) is 0 Å². The van der Waals surface area contributed by atoms with E-state index in [0.717, 1.165) is 25.7 Å². The Kier molecular flexibility index (Phi) is 5.69. The number of hydrogen-bond donors (Lipinski definition) is 1. The Hall–Kier alpha value is -3.88. The summed E-state index contributed by atoms with van der Waals surface area (Å²) in [7, 11) is 0. The molecule has 3 heterocycles. The summed E-state index contributed by atoms with van der Waals surface area (Å²) in [5, 5.41) is 11.6. The van der Waals surface area contributed by atoms with E-state index < -0.39 is 0 Å². The number of anilines is 1. The zero-order valence-corrected chi connectivity index (χ0v) is 19.1. The zero-order valence-electron chi connectivity index (χ0n) is 19.1. The first-order valence-corrected chi connectivity index (χ1v) is 11.3. The molecule has 0 radical (unpaired) electrons. The minimum atomic E-state index is -0.344. The molecule has 174 valence electrons. The molecule has 1 saturated carbocycles. The molecule has 0 spiro atoms. The van der Waals surface area contributed by atoms with Crippen LogP contribution in [-0.2, 0) is 11.3 Å². The van der Waals surface area contributed by atoms with Crippen LogP contribution in [0.2, 0.25) is 0 Å². The highest BCUT2D eigenvalue weighted by molar-refractivity contribution is 5.95. The van der Waals surface area contributed by atoms with Gasteiger partial charge < -0.3 is 9.84 Å². The predicted molar refractivity (Wildman–Crippen MR) is 124 cm³/mol. The van der Waals surface area contributed by atoms with Gasteiger partial charge in [0.1, 0.15) is 23.5 Å². The number of aromatic nitrogens is 5. The largest absolute Gasteiger partial charge is 0.364 e. The highest BCUT2D eigenvalue weighted by Gasteiger charge is 2.36. The van der Waals surface area contributed by atoms with Gasteiger partial charge in [-0.05, 0) is 31.9 Å². The van der Waals surface area contributed by atoms with Crippen LogP contribution in [0.5, 0.6) is 0 Å². The van der Waals surface area contributed by atoms with Gasteiger partial charge >= 0.3 is 0 Å². The Balaban J connectivity index is 1.45. The number of benzene rings is 1. The van der Waals surface area contributed by atoms with Crippen molar-refractivity contribution in [1.29, 1.82) is 0 Å². The summed E-state index contributed by atoms with van der Waals surface area (Å²) in [4.78, 5) is 21.8. The Morgan fingerprint density at radius 2 is 2.00 bits per heavy atom. The zero-order chi connectivity index (χ0) is 23.7. The average Bonchev–Trinajstić information content (AvgIpc) is 3.58. The second-order valence-electron chi connectivity index (χ2n) is 8.96. The van der Waals surface area contributed by atoms with Gasteiger partial charge in [-0.15, -0.1) is 0 Å². The fraction of sp³-hybridized carbons (Fsp3) is 0.320. The first-order chi connectivity index (χ1) is 16.4. The number of carbonyl (C=O) groups excluding carboxylic acids is 1. The van der Waals surface area contributed by atoms with Crippen molar-refractivity contribution in [3.05, 3.63) is 65.9 Å². The van der Waals surface area contributed by atoms with Crippen molar-refractivity contribution in [2.75, 3.05) is 5.32 Å². The molecular weight excluding hydrogens is 435 g/mol. The quantitative estimate of drug-likeness (QED) is 0.434. The fourth-order valence-corrected chi connectivity index (χ4v) is 4.35. The molecule has 5 rings (SSSR count). The number of halogens is 1. The monoisotopic (exact) mass is 460 g/mol. The van der Waals surface area contributed by atoms with Crippen LogP contribution in [0.3, 0.4) is 0 Å². The standard InChI is InChI=1S/C25H25FN6O2/c1-16-21(29-24(33)25(2)10-5-6-11-25)14-27-23(28-16)20-13-22(19-9-12-34-31-19)32(30-20)15-17-7-3-4-8-18(17)26/h3-4,7-9,12-14H,5-6,10-11,15H2,1-2H3,(H,29,33). The van der Waals surface area contributed by atoms with Crippen LogP contribution in [0, 0.1) is 18.2 Å². The van der Waals surface area contributed by atoms with E-state index in [1.165, 1.54) is 12.3 Å². The molecule has 1 amide bonds. The van der Waals surface area contributed by atoms with Gasteiger partial charge in [0.2, 0.25) is 5.91 Å². The van der Waals surface area contributed by atoms with Gasteiger partial charge in [0.05, 0.1) is 29.8 Å². The van der Waals surface area contributed by atoms with Crippen LogP contribution in [0.25, 0.3) is 22.9 Å². The molecule has 34 heavy (non-hydrogen) atoms. The van der Waals surface area contributed by atoms with Gasteiger partial charge in [-0.2, -0.15) is 5.10 Å². The third-order valence-corrected chi connectivity index (χ3v) is 6.47. The fourth-order valence-electron chi connectivity index (χ4n) is 4.35. The normalized spacial score (nSPS) is 14.9. The highest BCUT2D eigenvalue weighted by Crippen LogP contribution is 2.38. The summed E-state index contributed by atoms with van der Waals surface area (Å²) in [6.45, 7) is 4.04. The summed E-state index contributed by atoms with van der Waals surface area (Å²) in [5.41, 5.74) is 3.12. The van der Waals surface area contributed by atoms with E-state index in [-0.39, 0.29) is 23.7 Å². The maximum Gasteiger partial charge on any atom is 0.230 e. The van der Waals surface area contributed by atoms with Gasteiger partial charge in [0, 0.05) is 17.0 Å². The summed E-state index contributed by atoms with van der Waals surface area (Å²) in [6.07, 6.45) is 7.00. The third-order valence-electron chi connectivity index (χ3n) is 6.47. The number of nitrogens with one attached hydrogen (secondary N) is 1. The van der Waals surface area contributed by atoms with Crippen molar-refractivity contribution < 1.29 is 13.7 Å². The molecule has 9 heteroatoms. The molecular formula is C25H25FN6O2. The second kappa shape index (κ2) is 8.81. The number of amides is 1. The van der Waals surface area contributed by atoms with Crippen LogP contribution in [0.4, 0.5) is 10.1 Å². The first-order valence-electron chi connectivity index (χ1n) is 11.3. The molecule has 0 saturated heterocycles. The molecule has 1 aliphatic rings. The summed E-state index contributed by atoms with van der Waals surface area (Å²) in [5.74, 6) is 0.0975. The number of carbonyl (C=O) groups is 1. The van der Waals surface area contributed by atoms with E-state index in [4.69, 9.17) is 4.52 Å². The molecule has 0 unspecified atom stereocenters. The molecule has 8 nitrogen and oxygen atoms in total. The van der Waals surface area contributed by atoms with Crippen molar-refractivity contribution in [1.82, 2.24) is 24.9 Å². The van der Waals surface area contributed by atoms with E-state index in [1.807, 2.05) is 13.8 Å². The van der Waals surface area contributed by atoms with Crippen LogP contribution in [0.15, 0.2) is 53.4 Å². The maximum atomic E-state index is 14.3. The smallest absolute Gasteiger partial charge is 0.230 e. The first kappa shape index (κ1) is 21.9. The van der Waals surface area contributed by atoms with Crippen LogP contribution in [-0.4, -0.2) is 30.8 Å². The minimum absolute atomic E-state index is 0.00642. The molecule has 0 bridgehead atoms. The summed E-state index contributed by atoms with van der Waals surface area (Å²) < 4.78 is 20.9. The molecule has 1 N–H and O–H groups in total. The lowest BCUT2D eigenvalue weighted by Crippen LogP contribution is -2.31. The van der Waals surface area contributed by atoms with Crippen molar-refractivity contribution in [3.8, 4) is 22.9 Å². The number of nitrogens with zero attached hydrogens (tertiary/aromatic N) is 5. The average molecular weight is 461 g/mol. The molecule has 1 aromatic carbocycles. The third kappa shape index (κ3) is 4.21. The van der Waals surface area contributed by atoms with Crippen molar-refractivity contribution in [2.45, 2.75) is 46.1 Å². The molecule has 3 aromatic heterocycles. The second-order valence-corrected chi connectivity index (χ2v) is 8.96. The summed E-state index contributed by atoms with van der Waals surface area (Å²) in [6, 6.07) is 10.1. The van der Waals surface area contributed by atoms with Gasteiger partial charge in [-0.1, -0.05) is 43.1 Å². The van der Waals surface area contributed by atoms with Gasteiger partial charge in [0.15, 0.2) is 5.82 Å². The van der Waals surface area contributed by atoms with Crippen LogP contribution < -0.4 is 5.32 Å². The lowest BCUT2D eigenvalue weighted by Gasteiger charge is -2.22. The van der Waals surface area contributed by atoms with Crippen LogP contribution >= 0.6 is 0 Å². The van der Waals surface area contributed by atoms with Crippen molar-refractivity contribution in [2.24, 2.45) is 5.41 Å². The predicted octanol–water partition coefficient (Wildman–Crippen LogP) is 5.01. The van der Waals surface area contributed by atoms with Gasteiger partial charge in [0.25, 0.3) is 0 Å².